The fourth-order valence-corrected chi connectivity index (χ4v) is 3.71. The van der Waals surface area contributed by atoms with E-state index in [1.807, 2.05) is 84.9 Å². The van der Waals surface area contributed by atoms with Crippen LogP contribution < -0.4 is 4.74 Å². The number of nitrogens with zero attached hydrogens (tertiary/aromatic N) is 2. The van der Waals surface area contributed by atoms with E-state index in [-0.39, 0.29) is 5.91 Å². The van der Waals surface area contributed by atoms with Gasteiger partial charge in [-0.3, -0.25) is 4.79 Å². The van der Waals surface area contributed by atoms with Crippen LogP contribution in [-0.4, -0.2) is 29.9 Å². The first kappa shape index (κ1) is 22.6. The molecule has 5 heteroatoms. The standard InChI is InChI=1S/C28H25ClN2O2/c1-31(2)28(32)26-12-4-3-9-21(26)10-5-7-20-8-6-11-25(17-20)33-19-24-16-14-22-13-15-23(29)18-27(22)30-24/h3-9,11-18H,10,19H2,1-2H3. The molecule has 0 N–H and O–H groups in total. The number of amides is 1. The summed E-state index contributed by atoms with van der Waals surface area (Å²) in [5, 5.41) is 1.71. The van der Waals surface area contributed by atoms with Crippen LogP contribution in [0.15, 0.2) is 84.9 Å². The van der Waals surface area contributed by atoms with Gasteiger partial charge in [0.05, 0.1) is 11.2 Å². The summed E-state index contributed by atoms with van der Waals surface area (Å²) in [5.41, 5.74) is 4.46. The summed E-state index contributed by atoms with van der Waals surface area (Å²) >= 11 is 6.08. The molecule has 1 aromatic heterocycles. The van der Waals surface area contributed by atoms with Crippen molar-refractivity contribution in [3.63, 3.8) is 0 Å². The van der Waals surface area contributed by atoms with Gasteiger partial charge < -0.3 is 9.64 Å². The van der Waals surface area contributed by atoms with Crippen LogP contribution >= 0.6 is 11.6 Å². The van der Waals surface area contributed by atoms with Crippen LogP contribution in [0.1, 0.15) is 27.2 Å². The third-order valence-corrected chi connectivity index (χ3v) is 5.49. The van der Waals surface area contributed by atoms with E-state index in [1.54, 1.807) is 19.0 Å². The van der Waals surface area contributed by atoms with Gasteiger partial charge in [-0.1, -0.05) is 66.2 Å². The molecule has 0 spiro atoms. The lowest BCUT2D eigenvalue weighted by atomic mass is 10.0. The topological polar surface area (TPSA) is 42.4 Å². The minimum Gasteiger partial charge on any atom is -0.487 e. The van der Waals surface area contributed by atoms with Gasteiger partial charge in [0.1, 0.15) is 12.4 Å². The maximum atomic E-state index is 12.4. The Morgan fingerprint density at radius 1 is 1.00 bits per heavy atom. The van der Waals surface area contributed by atoms with E-state index in [4.69, 9.17) is 16.3 Å². The summed E-state index contributed by atoms with van der Waals surface area (Å²) in [6.45, 7) is 0.371. The quantitative estimate of drug-likeness (QED) is 0.322. The second-order valence-corrected chi connectivity index (χ2v) is 8.40. The SMILES string of the molecule is CN(C)C(=O)c1ccccc1CC=Cc1cccc(OCc2ccc3ccc(Cl)cc3n2)c1. The number of fused-ring (bicyclic) bond motifs is 1. The Bertz CT molecular complexity index is 1310. The average Bonchev–Trinajstić information content (AvgIpc) is 2.82. The molecule has 166 valence electrons. The van der Waals surface area contributed by atoms with Gasteiger partial charge in [0.25, 0.3) is 5.91 Å². The van der Waals surface area contributed by atoms with Crippen molar-refractivity contribution in [3.05, 3.63) is 112 Å². The Morgan fingerprint density at radius 2 is 1.82 bits per heavy atom. The van der Waals surface area contributed by atoms with Crippen LogP contribution in [0, 0.1) is 0 Å². The zero-order valence-corrected chi connectivity index (χ0v) is 19.4. The first-order chi connectivity index (χ1) is 16.0. The normalized spacial score (nSPS) is 11.1. The zero-order chi connectivity index (χ0) is 23.2. The summed E-state index contributed by atoms with van der Waals surface area (Å²) in [6.07, 6.45) is 4.78. The van der Waals surface area contributed by atoms with Crippen LogP contribution in [0.3, 0.4) is 0 Å². The Morgan fingerprint density at radius 3 is 2.67 bits per heavy atom. The highest BCUT2D eigenvalue weighted by Gasteiger charge is 2.11. The molecule has 0 aliphatic heterocycles. The van der Waals surface area contributed by atoms with E-state index >= 15 is 0 Å². The molecule has 0 saturated heterocycles. The molecule has 33 heavy (non-hydrogen) atoms. The number of hydrogen-bond acceptors (Lipinski definition) is 3. The molecule has 0 unspecified atom stereocenters. The molecule has 0 bridgehead atoms. The van der Waals surface area contributed by atoms with Gasteiger partial charge >= 0.3 is 0 Å². The van der Waals surface area contributed by atoms with Crippen molar-refractivity contribution in [2.75, 3.05) is 14.1 Å². The maximum Gasteiger partial charge on any atom is 0.253 e. The summed E-state index contributed by atoms with van der Waals surface area (Å²) in [7, 11) is 3.53. The molecule has 1 amide bonds. The van der Waals surface area contributed by atoms with E-state index < -0.39 is 0 Å². The maximum absolute atomic E-state index is 12.4. The lowest BCUT2D eigenvalue weighted by Gasteiger charge is -2.13. The van der Waals surface area contributed by atoms with Gasteiger partial charge in [0.2, 0.25) is 0 Å². The zero-order valence-electron chi connectivity index (χ0n) is 18.7. The van der Waals surface area contributed by atoms with E-state index in [0.717, 1.165) is 39.0 Å². The molecule has 3 aromatic carbocycles. The monoisotopic (exact) mass is 456 g/mol. The van der Waals surface area contributed by atoms with Crippen molar-refractivity contribution in [1.82, 2.24) is 9.88 Å². The van der Waals surface area contributed by atoms with Crippen LogP contribution in [-0.2, 0) is 13.0 Å². The molecular weight excluding hydrogens is 432 g/mol. The van der Waals surface area contributed by atoms with Gasteiger partial charge in [-0.2, -0.15) is 0 Å². The second kappa shape index (κ2) is 10.3. The number of allylic oxidation sites excluding steroid dienone is 1. The van der Waals surface area contributed by atoms with Crippen molar-refractivity contribution in [2.24, 2.45) is 0 Å². The lowest BCUT2D eigenvalue weighted by molar-refractivity contribution is 0.0826. The summed E-state index contributed by atoms with van der Waals surface area (Å²) in [6, 6.07) is 25.3. The minimum atomic E-state index is 0.0129. The summed E-state index contributed by atoms with van der Waals surface area (Å²) in [5.74, 6) is 0.785. The van der Waals surface area contributed by atoms with Gasteiger partial charge in [-0.05, 0) is 53.9 Å². The Balaban J connectivity index is 1.41. The van der Waals surface area contributed by atoms with Crippen molar-refractivity contribution >= 4 is 34.5 Å². The van der Waals surface area contributed by atoms with Gasteiger partial charge in [0.15, 0.2) is 0 Å². The largest absolute Gasteiger partial charge is 0.487 e. The first-order valence-corrected chi connectivity index (χ1v) is 11.1. The lowest BCUT2D eigenvalue weighted by Crippen LogP contribution is -2.22. The molecule has 0 aliphatic carbocycles. The van der Waals surface area contributed by atoms with Crippen molar-refractivity contribution < 1.29 is 9.53 Å². The van der Waals surface area contributed by atoms with Crippen LogP contribution in [0.2, 0.25) is 5.02 Å². The van der Waals surface area contributed by atoms with E-state index in [2.05, 4.69) is 11.1 Å². The van der Waals surface area contributed by atoms with Crippen LogP contribution in [0.4, 0.5) is 0 Å². The number of hydrogen-bond donors (Lipinski definition) is 0. The minimum absolute atomic E-state index is 0.0129. The Hall–Kier alpha value is -3.63. The fourth-order valence-electron chi connectivity index (χ4n) is 3.55. The predicted molar refractivity (Wildman–Crippen MR) is 135 cm³/mol. The highest BCUT2D eigenvalue weighted by atomic mass is 35.5. The number of pyridine rings is 1. The number of rotatable bonds is 7. The molecule has 0 radical (unpaired) electrons. The highest BCUT2D eigenvalue weighted by Crippen LogP contribution is 2.20. The van der Waals surface area contributed by atoms with Gasteiger partial charge in [-0.25, -0.2) is 4.98 Å². The van der Waals surface area contributed by atoms with Crippen molar-refractivity contribution in [2.45, 2.75) is 13.0 Å². The van der Waals surface area contributed by atoms with Crippen molar-refractivity contribution in [1.29, 1.82) is 0 Å². The molecular formula is C28H25ClN2O2. The van der Waals surface area contributed by atoms with Crippen LogP contribution in [0.25, 0.3) is 17.0 Å². The van der Waals surface area contributed by atoms with E-state index in [0.29, 0.717) is 18.1 Å². The number of ether oxygens (including phenoxy) is 1. The summed E-state index contributed by atoms with van der Waals surface area (Å²) < 4.78 is 5.97. The number of carbonyl (C=O) groups excluding carboxylic acids is 1. The van der Waals surface area contributed by atoms with E-state index in [1.165, 1.54) is 0 Å². The fraction of sp³-hybridized carbons (Fsp3) is 0.143. The number of halogens is 1. The van der Waals surface area contributed by atoms with Gasteiger partial charge in [0, 0.05) is 30.1 Å². The van der Waals surface area contributed by atoms with Crippen LogP contribution in [0.5, 0.6) is 5.75 Å². The molecule has 0 saturated carbocycles. The van der Waals surface area contributed by atoms with Gasteiger partial charge in [-0.15, -0.1) is 0 Å². The first-order valence-electron chi connectivity index (χ1n) is 10.7. The molecule has 1 heterocycles. The number of carbonyl (C=O) groups is 1. The molecule has 4 nitrogen and oxygen atoms in total. The Labute approximate surface area is 199 Å². The molecule has 0 aliphatic rings. The molecule has 0 atom stereocenters. The Kier molecular flexibility index (Phi) is 7.06. The highest BCUT2D eigenvalue weighted by molar-refractivity contribution is 6.31. The average molecular weight is 457 g/mol. The third kappa shape index (κ3) is 5.79. The third-order valence-electron chi connectivity index (χ3n) is 5.26. The smallest absolute Gasteiger partial charge is 0.253 e. The van der Waals surface area contributed by atoms with E-state index in [9.17, 15) is 4.79 Å². The second-order valence-electron chi connectivity index (χ2n) is 7.96. The molecule has 0 fully saturated rings. The number of aromatic nitrogens is 1. The number of benzene rings is 3. The molecule has 4 rings (SSSR count). The molecule has 4 aromatic rings. The predicted octanol–water partition coefficient (Wildman–Crippen LogP) is 6.42. The van der Waals surface area contributed by atoms with Crippen molar-refractivity contribution in [3.8, 4) is 5.75 Å². The summed E-state index contributed by atoms with van der Waals surface area (Å²) in [4.78, 5) is 18.6.